The molecule has 8 nitrogen and oxygen atoms in total. The number of methoxy groups -OCH3 is 2. The van der Waals surface area contributed by atoms with Gasteiger partial charge < -0.3 is 23.8 Å². The number of thioether (sulfide) groups is 1. The van der Waals surface area contributed by atoms with Crippen LogP contribution in [0.15, 0.2) is 40.1 Å². The summed E-state index contributed by atoms with van der Waals surface area (Å²) in [7, 11) is 4.99. The fraction of sp³-hybridized carbons (Fsp3) is 0.316. The van der Waals surface area contributed by atoms with Gasteiger partial charge in [-0.1, -0.05) is 11.8 Å². The highest BCUT2D eigenvalue weighted by atomic mass is 32.2. The Bertz CT molecular complexity index is 960. The van der Waals surface area contributed by atoms with E-state index in [0.29, 0.717) is 28.2 Å². The van der Waals surface area contributed by atoms with E-state index in [0.717, 1.165) is 11.3 Å². The minimum absolute atomic E-state index is 0.163. The molecule has 0 aliphatic heterocycles. The van der Waals surface area contributed by atoms with E-state index in [-0.39, 0.29) is 5.91 Å². The van der Waals surface area contributed by atoms with Gasteiger partial charge in [-0.05, 0) is 19.9 Å². The lowest BCUT2D eigenvalue weighted by atomic mass is 10.2. The lowest BCUT2D eigenvalue weighted by Gasteiger charge is -2.13. The van der Waals surface area contributed by atoms with Crippen molar-refractivity contribution in [2.45, 2.75) is 24.3 Å². The molecule has 3 aromatic rings. The second-order valence-electron chi connectivity index (χ2n) is 6.11. The Balaban J connectivity index is 1.72. The number of hydrogen-bond donors (Lipinski definition) is 1. The Hall–Kier alpha value is -2.94. The monoisotopic (exact) mass is 402 g/mol. The van der Waals surface area contributed by atoms with E-state index in [2.05, 4.69) is 15.5 Å². The van der Waals surface area contributed by atoms with Gasteiger partial charge in [-0.15, -0.1) is 10.2 Å². The fourth-order valence-electron chi connectivity index (χ4n) is 2.60. The zero-order valence-electron chi connectivity index (χ0n) is 16.3. The summed E-state index contributed by atoms with van der Waals surface area (Å²) in [5, 5.41) is 11.6. The molecule has 1 N–H and O–H groups in total. The van der Waals surface area contributed by atoms with Crippen molar-refractivity contribution in [2.75, 3.05) is 19.5 Å². The molecule has 0 spiro atoms. The quantitative estimate of drug-likeness (QED) is 0.605. The van der Waals surface area contributed by atoms with Crippen LogP contribution < -0.4 is 14.8 Å². The van der Waals surface area contributed by atoms with Crippen molar-refractivity contribution in [2.24, 2.45) is 7.05 Å². The van der Waals surface area contributed by atoms with Gasteiger partial charge in [0, 0.05) is 30.9 Å². The minimum Gasteiger partial charge on any atom is -0.497 e. The van der Waals surface area contributed by atoms with E-state index in [1.54, 1.807) is 38.7 Å². The number of carbonyl (C=O) groups is 1. The first kappa shape index (κ1) is 19.8. The third-order valence-corrected chi connectivity index (χ3v) is 5.34. The number of carbonyl (C=O) groups excluding carboxylic acids is 1. The number of aromatic nitrogens is 3. The van der Waals surface area contributed by atoms with Gasteiger partial charge in [0.15, 0.2) is 11.0 Å². The van der Waals surface area contributed by atoms with E-state index < -0.39 is 5.25 Å². The van der Waals surface area contributed by atoms with Crippen LogP contribution in [0, 0.1) is 6.92 Å². The molecule has 1 unspecified atom stereocenters. The van der Waals surface area contributed by atoms with Crippen LogP contribution in [0.2, 0.25) is 0 Å². The fourth-order valence-corrected chi connectivity index (χ4v) is 3.42. The Morgan fingerprint density at radius 1 is 1.21 bits per heavy atom. The number of rotatable bonds is 7. The summed E-state index contributed by atoms with van der Waals surface area (Å²) in [6.07, 6.45) is 1.62. The summed E-state index contributed by atoms with van der Waals surface area (Å²) in [4.78, 5) is 12.6. The molecule has 0 aliphatic carbocycles. The lowest BCUT2D eigenvalue weighted by Crippen LogP contribution is -2.22. The van der Waals surface area contributed by atoms with Gasteiger partial charge in [0.2, 0.25) is 5.91 Å². The molecule has 28 heavy (non-hydrogen) atoms. The van der Waals surface area contributed by atoms with Crippen molar-refractivity contribution in [3.05, 3.63) is 36.3 Å². The molecular weight excluding hydrogens is 380 g/mol. The van der Waals surface area contributed by atoms with Gasteiger partial charge in [0.25, 0.3) is 0 Å². The van der Waals surface area contributed by atoms with Crippen molar-refractivity contribution in [3.8, 4) is 22.9 Å². The van der Waals surface area contributed by atoms with Crippen LogP contribution in [0.25, 0.3) is 11.4 Å². The first-order valence-electron chi connectivity index (χ1n) is 8.57. The average molecular weight is 402 g/mol. The molecule has 9 heteroatoms. The molecule has 0 fully saturated rings. The summed E-state index contributed by atoms with van der Waals surface area (Å²) >= 11 is 1.33. The molecule has 148 valence electrons. The van der Waals surface area contributed by atoms with Crippen LogP contribution in [0.4, 0.5) is 5.69 Å². The number of nitrogens with zero attached hydrogens (tertiary/aromatic N) is 3. The molecule has 1 atom stereocenters. The third kappa shape index (κ3) is 4.14. The standard InChI is InChI=1S/C19H22N4O4S/c1-11-16(6-7-27-11)17-21-22-19(23(17)3)28-12(2)18(24)20-13-8-14(25-4)10-15(9-13)26-5/h6-10,12H,1-5H3,(H,20,24). The highest BCUT2D eigenvalue weighted by Crippen LogP contribution is 2.29. The molecule has 0 saturated carbocycles. The van der Waals surface area contributed by atoms with Gasteiger partial charge in [-0.25, -0.2) is 0 Å². The van der Waals surface area contributed by atoms with Gasteiger partial charge in [0.1, 0.15) is 17.3 Å². The second kappa shape index (κ2) is 8.39. The smallest absolute Gasteiger partial charge is 0.237 e. The summed E-state index contributed by atoms with van der Waals surface area (Å²) < 4.78 is 17.6. The number of nitrogens with one attached hydrogen (secondary N) is 1. The van der Waals surface area contributed by atoms with Gasteiger partial charge >= 0.3 is 0 Å². The topological polar surface area (TPSA) is 91.4 Å². The molecule has 1 amide bonds. The molecule has 2 heterocycles. The maximum atomic E-state index is 12.6. The Kier molecular flexibility index (Phi) is 5.93. The highest BCUT2D eigenvalue weighted by molar-refractivity contribution is 8.00. The highest BCUT2D eigenvalue weighted by Gasteiger charge is 2.21. The Morgan fingerprint density at radius 3 is 2.46 bits per heavy atom. The molecular formula is C19H22N4O4S. The Morgan fingerprint density at radius 2 is 1.89 bits per heavy atom. The molecule has 0 radical (unpaired) electrons. The van der Waals surface area contributed by atoms with Gasteiger partial charge in [-0.2, -0.15) is 0 Å². The van der Waals surface area contributed by atoms with E-state index in [1.165, 1.54) is 11.8 Å². The van der Waals surface area contributed by atoms with Crippen LogP contribution in [0.5, 0.6) is 11.5 Å². The van der Waals surface area contributed by atoms with Crippen LogP contribution in [-0.4, -0.2) is 40.1 Å². The Labute approximate surface area is 167 Å². The third-order valence-electron chi connectivity index (χ3n) is 4.21. The number of ether oxygens (including phenoxy) is 2. The van der Waals surface area contributed by atoms with Crippen LogP contribution in [-0.2, 0) is 11.8 Å². The predicted octanol–water partition coefficient (Wildman–Crippen LogP) is 3.52. The summed E-state index contributed by atoms with van der Waals surface area (Å²) in [5.41, 5.74) is 1.48. The molecule has 0 saturated heterocycles. The normalized spacial score (nSPS) is 11.9. The van der Waals surface area contributed by atoms with Crippen molar-refractivity contribution in [3.63, 3.8) is 0 Å². The van der Waals surface area contributed by atoms with E-state index in [9.17, 15) is 4.79 Å². The summed E-state index contributed by atoms with van der Waals surface area (Å²) in [5.74, 6) is 2.50. The molecule has 2 aromatic heterocycles. The SMILES string of the molecule is COc1cc(NC(=O)C(C)Sc2nnc(-c3ccoc3C)n2C)cc(OC)c1. The number of furan rings is 1. The zero-order chi connectivity index (χ0) is 20.3. The number of aryl methyl sites for hydroxylation is 1. The van der Waals surface area contributed by atoms with E-state index in [4.69, 9.17) is 13.9 Å². The maximum absolute atomic E-state index is 12.6. The average Bonchev–Trinajstić information content (AvgIpc) is 3.26. The van der Waals surface area contributed by atoms with Gasteiger partial charge in [0.05, 0.1) is 31.3 Å². The number of hydrogen-bond acceptors (Lipinski definition) is 7. The van der Waals surface area contributed by atoms with Crippen LogP contribution in [0.1, 0.15) is 12.7 Å². The summed E-state index contributed by atoms with van der Waals surface area (Å²) in [6, 6.07) is 7.06. The van der Waals surface area contributed by atoms with Crippen molar-refractivity contribution in [1.29, 1.82) is 0 Å². The van der Waals surface area contributed by atoms with Crippen molar-refractivity contribution >= 4 is 23.4 Å². The van der Waals surface area contributed by atoms with Crippen molar-refractivity contribution in [1.82, 2.24) is 14.8 Å². The maximum Gasteiger partial charge on any atom is 0.237 e. The first-order chi connectivity index (χ1) is 13.4. The molecule has 0 bridgehead atoms. The van der Waals surface area contributed by atoms with Crippen LogP contribution in [0.3, 0.4) is 0 Å². The van der Waals surface area contributed by atoms with E-state index in [1.807, 2.05) is 31.5 Å². The molecule has 1 aromatic carbocycles. The first-order valence-corrected chi connectivity index (χ1v) is 9.45. The number of amides is 1. The van der Waals surface area contributed by atoms with Crippen LogP contribution >= 0.6 is 11.8 Å². The van der Waals surface area contributed by atoms with Gasteiger partial charge in [-0.3, -0.25) is 4.79 Å². The van der Waals surface area contributed by atoms with E-state index >= 15 is 0 Å². The minimum atomic E-state index is -0.390. The largest absolute Gasteiger partial charge is 0.497 e. The summed E-state index contributed by atoms with van der Waals surface area (Å²) in [6.45, 7) is 3.68. The number of benzene rings is 1. The lowest BCUT2D eigenvalue weighted by molar-refractivity contribution is -0.115. The zero-order valence-corrected chi connectivity index (χ0v) is 17.2. The number of anilines is 1. The molecule has 0 aliphatic rings. The van der Waals surface area contributed by atoms with Crippen molar-refractivity contribution < 1.29 is 18.7 Å². The molecule has 3 rings (SSSR count). The second-order valence-corrected chi connectivity index (χ2v) is 7.41. The predicted molar refractivity (Wildman–Crippen MR) is 107 cm³/mol.